The Labute approximate surface area is 82.7 Å². The van der Waals surface area contributed by atoms with Crippen molar-refractivity contribution >= 4 is 11.6 Å². The van der Waals surface area contributed by atoms with Gasteiger partial charge in [0.1, 0.15) is 5.78 Å². The van der Waals surface area contributed by atoms with Gasteiger partial charge in [-0.2, -0.15) is 0 Å². The Bertz CT molecular complexity index is 401. The van der Waals surface area contributed by atoms with Crippen LogP contribution in [0.5, 0.6) is 0 Å². The molecule has 3 unspecified atom stereocenters. The van der Waals surface area contributed by atoms with Crippen LogP contribution in [0.15, 0.2) is 23.3 Å². The molecule has 2 bridgehead atoms. The summed E-state index contributed by atoms with van der Waals surface area (Å²) in [6.07, 6.45) is 5.69. The average Bonchev–Trinajstić information content (AvgIpc) is 2.74. The van der Waals surface area contributed by atoms with Crippen molar-refractivity contribution < 1.29 is 9.59 Å². The number of hydrogen-bond donors (Lipinski definition) is 0. The molecular weight excluding hydrogens is 176 g/mol. The highest BCUT2D eigenvalue weighted by Crippen LogP contribution is 2.50. The molecule has 3 rings (SSSR count). The summed E-state index contributed by atoms with van der Waals surface area (Å²) in [6, 6.07) is 0. The molecule has 0 aromatic heterocycles. The van der Waals surface area contributed by atoms with Crippen LogP contribution >= 0.6 is 0 Å². The third-order valence-electron chi connectivity index (χ3n) is 3.84. The molecule has 0 aliphatic heterocycles. The highest BCUT2D eigenvalue weighted by molar-refractivity contribution is 6.07. The molecule has 0 heterocycles. The Morgan fingerprint density at radius 2 is 1.93 bits per heavy atom. The van der Waals surface area contributed by atoms with Gasteiger partial charge >= 0.3 is 0 Å². The maximum absolute atomic E-state index is 11.9. The van der Waals surface area contributed by atoms with Crippen molar-refractivity contribution in [3.05, 3.63) is 23.3 Å². The van der Waals surface area contributed by atoms with Gasteiger partial charge in [0.15, 0.2) is 5.78 Å². The highest BCUT2D eigenvalue weighted by Gasteiger charge is 2.48. The van der Waals surface area contributed by atoms with E-state index in [0.29, 0.717) is 6.42 Å². The van der Waals surface area contributed by atoms with E-state index in [9.17, 15) is 9.59 Å². The molecule has 0 aromatic carbocycles. The summed E-state index contributed by atoms with van der Waals surface area (Å²) in [5, 5.41) is 0. The molecule has 0 radical (unpaired) electrons. The third-order valence-corrected chi connectivity index (χ3v) is 3.84. The van der Waals surface area contributed by atoms with Crippen LogP contribution in [0.25, 0.3) is 0 Å². The molecule has 3 atom stereocenters. The van der Waals surface area contributed by atoms with Crippen molar-refractivity contribution in [3.63, 3.8) is 0 Å². The Morgan fingerprint density at radius 1 is 1.21 bits per heavy atom. The van der Waals surface area contributed by atoms with Crippen LogP contribution in [0.4, 0.5) is 0 Å². The number of carbonyl (C=O) groups excluding carboxylic acids is 2. The zero-order valence-electron chi connectivity index (χ0n) is 8.12. The van der Waals surface area contributed by atoms with Gasteiger partial charge in [0.05, 0.1) is 5.92 Å². The van der Waals surface area contributed by atoms with E-state index in [-0.39, 0.29) is 29.3 Å². The van der Waals surface area contributed by atoms with Crippen molar-refractivity contribution in [2.45, 2.75) is 19.8 Å². The molecule has 2 heteroatoms. The Kier molecular flexibility index (Phi) is 1.42. The van der Waals surface area contributed by atoms with E-state index in [2.05, 4.69) is 12.2 Å². The number of Topliss-reactive ketones (excluding diaryl/α,β-unsaturated/α-hetero) is 2. The Hall–Kier alpha value is -1.18. The monoisotopic (exact) mass is 188 g/mol. The minimum absolute atomic E-state index is 0.0581. The average molecular weight is 188 g/mol. The van der Waals surface area contributed by atoms with E-state index in [0.717, 1.165) is 6.42 Å². The van der Waals surface area contributed by atoms with Crippen LogP contribution < -0.4 is 0 Å². The van der Waals surface area contributed by atoms with E-state index in [4.69, 9.17) is 0 Å². The lowest BCUT2D eigenvalue weighted by molar-refractivity contribution is -0.138. The lowest BCUT2D eigenvalue weighted by Crippen LogP contribution is -2.38. The number of ketones is 2. The standard InChI is InChI=1S/C12H12O2/c1-6-10(13)5-9-7-2-3-8(4-7)11(9)12(6)14/h2-3,6,9,11H,4-5H2,1H3. The van der Waals surface area contributed by atoms with E-state index < -0.39 is 0 Å². The molecule has 72 valence electrons. The molecule has 0 amide bonds. The number of hydrogen-bond acceptors (Lipinski definition) is 2. The summed E-state index contributed by atoms with van der Waals surface area (Å²) in [5.74, 6) is 0.205. The third kappa shape index (κ3) is 0.813. The largest absolute Gasteiger partial charge is 0.299 e. The molecule has 14 heavy (non-hydrogen) atoms. The van der Waals surface area contributed by atoms with Crippen LogP contribution in [0.1, 0.15) is 19.8 Å². The summed E-state index contributed by atoms with van der Waals surface area (Å²) in [7, 11) is 0. The number of rotatable bonds is 0. The van der Waals surface area contributed by atoms with Crippen LogP contribution in [0, 0.1) is 17.8 Å². The van der Waals surface area contributed by atoms with Gasteiger partial charge in [0, 0.05) is 18.3 Å². The lowest BCUT2D eigenvalue weighted by atomic mass is 9.71. The number of carbonyl (C=O) groups is 2. The fourth-order valence-electron chi connectivity index (χ4n) is 2.96. The predicted molar refractivity (Wildman–Crippen MR) is 51.6 cm³/mol. The zero-order chi connectivity index (χ0) is 9.87. The van der Waals surface area contributed by atoms with Crippen LogP contribution in [-0.4, -0.2) is 11.6 Å². The fourth-order valence-corrected chi connectivity index (χ4v) is 2.96. The van der Waals surface area contributed by atoms with Gasteiger partial charge < -0.3 is 0 Å². The van der Waals surface area contributed by atoms with Crippen molar-refractivity contribution in [1.82, 2.24) is 0 Å². The van der Waals surface area contributed by atoms with Crippen molar-refractivity contribution in [1.29, 1.82) is 0 Å². The molecule has 2 saturated carbocycles. The predicted octanol–water partition coefficient (Wildman–Crippen LogP) is 1.67. The number of fused-ring (bicyclic) bond motifs is 5. The summed E-state index contributed by atoms with van der Waals surface area (Å²) < 4.78 is 0. The summed E-state index contributed by atoms with van der Waals surface area (Å²) in [5.41, 5.74) is 2.55. The van der Waals surface area contributed by atoms with Crippen molar-refractivity contribution in [2.75, 3.05) is 0 Å². The highest BCUT2D eigenvalue weighted by atomic mass is 16.2. The van der Waals surface area contributed by atoms with E-state index in [1.807, 2.05) is 0 Å². The summed E-state index contributed by atoms with van der Waals surface area (Å²) >= 11 is 0. The van der Waals surface area contributed by atoms with Gasteiger partial charge in [-0.05, 0) is 13.3 Å². The normalized spacial score (nSPS) is 39.6. The molecule has 2 fully saturated rings. The van der Waals surface area contributed by atoms with Gasteiger partial charge in [0.2, 0.25) is 0 Å². The minimum Gasteiger partial charge on any atom is -0.299 e. The second-order valence-electron chi connectivity index (χ2n) is 4.54. The molecule has 3 aliphatic carbocycles. The zero-order valence-corrected chi connectivity index (χ0v) is 8.12. The van der Waals surface area contributed by atoms with Gasteiger partial charge in [-0.25, -0.2) is 0 Å². The first-order chi connectivity index (χ1) is 6.68. The van der Waals surface area contributed by atoms with Gasteiger partial charge in [-0.1, -0.05) is 23.3 Å². The topological polar surface area (TPSA) is 34.1 Å². The van der Waals surface area contributed by atoms with E-state index in [1.165, 1.54) is 11.1 Å². The molecular formula is C12H12O2. The van der Waals surface area contributed by atoms with E-state index >= 15 is 0 Å². The molecule has 2 nitrogen and oxygen atoms in total. The maximum atomic E-state index is 11.9. The van der Waals surface area contributed by atoms with E-state index in [1.54, 1.807) is 6.92 Å². The molecule has 0 spiro atoms. The Morgan fingerprint density at radius 3 is 2.71 bits per heavy atom. The van der Waals surface area contributed by atoms with Gasteiger partial charge in [0.25, 0.3) is 0 Å². The summed E-state index contributed by atoms with van der Waals surface area (Å²) in [6.45, 7) is 1.75. The fraction of sp³-hybridized carbons (Fsp3) is 0.500. The molecule has 0 saturated heterocycles. The smallest absolute Gasteiger partial charge is 0.150 e. The number of allylic oxidation sites excluding steroid dienone is 4. The molecule has 0 N–H and O–H groups in total. The second-order valence-corrected chi connectivity index (χ2v) is 4.54. The van der Waals surface area contributed by atoms with Gasteiger partial charge in [-0.3, -0.25) is 9.59 Å². The minimum atomic E-state index is -0.364. The quantitative estimate of drug-likeness (QED) is 0.542. The van der Waals surface area contributed by atoms with Crippen LogP contribution in [0.3, 0.4) is 0 Å². The SMILES string of the molecule is CC1C(=O)CC2C3=CC=C(C3)C2C1=O. The first-order valence-electron chi connectivity index (χ1n) is 5.14. The first-order valence-corrected chi connectivity index (χ1v) is 5.14. The van der Waals surface area contributed by atoms with Crippen LogP contribution in [-0.2, 0) is 9.59 Å². The Balaban J connectivity index is 2.03. The van der Waals surface area contributed by atoms with Crippen LogP contribution in [0.2, 0.25) is 0 Å². The van der Waals surface area contributed by atoms with Crippen molar-refractivity contribution in [2.24, 2.45) is 17.8 Å². The first kappa shape index (κ1) is 8.16. The molecule has 0 aromatic rings. The lowest BCUT2D eigenvalue weighted by Gasteiger charge is -2.29. The van der Waals surface area contributed by atoms with Crippen molar-refractivity contribution in [3.8, 4) is 0 Å². The van der Waals surface area contributed by atoms with Gasteiger partial charge in [-0.15, -0.1) is 0 Å². The maximum Gasteiger partial charge on any atom is 0.150 e. The second kappa shape index (κ2) is 2.44. The summed E-state index contributed by atoms with van der Waals surface area (Å²) in [4.78, 5) is 23.5. The molecule has 3 aliphatic rings.